The van der Waals surface area contributed by atoms with Crippen LogP contribution in [0.15, 0.2) is 22.9 Å². The van der Waals surface area contributed by atoms with Crippen LogP contribution >= 0.6 is 22.7 Å². The SMILES string of the molecule is Cc1cc(-c2cc(C(=O)O)cs2)cs1. The Morgan fingerprint density at radius 2 is 2.07 bits per heavy atom. The van der Waals surface area contributed by atoms with Crippen molar-refractivity contribution >= 4 is 28.6 Å². The van der Waals surface area contributed by atoms with Crippen LogP contribution in [-0.4, -0.2) is 11.1 Å². The maximum absolute atomic E-state index is 10.7. The predicted molar refractivity (Wildman–Crippen MR) is 59.3 cm³/mol. The summed E-state index contributed by atoms with van der Waals surface area (Å²) in [7, 11) is 0. The molecule has 0 aliphatic heterocycles. The van der Waals surface area contributed by atoms with E-state index in [1.165, 1.54) is 16.2 Å². The molecule has 0 bridgehead atoms. The highest BCUT2D eigenvalue weighted by atomic mass is 32.1. The van der Waals surface area contributed by atoms with E-state index >= 15 is 0 Å². The monoisotopic (exact) mass is 224 g/mol. The van der Waals surface area contributed by atoms with Crippen LogP contribution in [0.3, 0.4) is 0 Å². The summed E-state index contributed by atoms with van der Waals surface area (Å²) in [6.45, 7) is 2.04. The van der Waals surface area contributed by atoms with Crippen molar-refractivity contribution in [1.29, 1.82) is 0 Å². The summed E-state index contributed by atoms with van der Waals surface area (Å²) in [5.41, 5.74) is 1.49. The molecular weight excluding hydrogens is 216 g/mol. The summed E-state index contributed by atoms with van der Waals surface area (Å²) in [6, 6.07) is 3.79. The zero-order chi connectivity index (χ0) is 10.1. The zero-order valence-corrected chi connectivity index (χ0v) is 9.11. The first-order valence-electron chi connectivity index (χ1n) is 4.04. The lowest BCUT2D eigenvalue weighted by Crippen LogP contribution is -1.91. The van der Waals surface area contributed by atoms with Crippen molar-refractivity contribution in [2.24, 2.45) is 0 Å². The highest BCUT2D eigenvalue weighted by Gasteiger charge is 2.08. The van der Waals surface area contributed by atoms with Crippen molar-refractivity contribution in [3.63, 3.8) is 0 Å². The topological polar surface area (TPSA) is 37.3 Å². The van der Waals surface area contributed by atoms with Gasteiger partial charge in [-0.05, 0) is 24.4 Å². The Morgan fingerprint density at radius 3 is 2.57 bits per heavy atom. The van der Waals surface area contributed by atoms with Crippen LogP contribution in [0.5, 0.6) is 0 Å². The molecule has 0 fully saturated rings. The van der Waals surface area contributed by atoms with E-state index in [-0.39, 0.29) is 0 Å². The molecule has 0 radical (unpaired) electrons. The fourth-order valence-corrected chi connectivity index (χ4v) is 2.82. The van der Waals surface area contributed by atoms with Crippen LogP contribution in [0.25, 0.3) is 10.4 Å². The first-order valence-corrected chi connectivity index (χ1v) is 5.80. The Labute approximate surface area is 89.5 Å². The molecule has 0 aliphatic carbocycles. The van der Waals surface area contributed by atoms with Crippen LogP contribution in [-0.2, 0) is 0 Å². The molecule has 4 heteroatoms. The fourth-order valence-electron chi connectivity index (χ4n) is 1.17. The second-order valence-electron chi connectivity index (χ2n) is 2.95. The Balaban J connectivity index is 2.38. The Bertz CT molecular complexity index is 468. The molecule has 2 nitrogen and oxygen atoms in total. The molecule has 2 rings (SSSR count). The molecule has 0 atom stereocenters. The van der Waals surface area contributed by atoms with E-state index < -0.39 is 5.97 Å². The zero-order valence-electron chi connectivity index (χ0n) is 7.48. The maximum atomic E-state index is 10.7. The van der Waals surface area contributed by atoms with E-state index in [0.717, 1.165) is 10.4 Å². The van der Waals surface area contributed by atoms with Crippen molar-refractivity contribution in [2.75, 3.05) is 0 Å². The Kier molecular flexibility index (Phi) is 2.39. The lowest BCUT2D eigenvalue weighted by atomic mass is 10.2. The smallest absolute Gasteiger partial charge is 0.336 e. The molecule has 14 heavy (non-hydrogen) atoms. The molecule has 2 aromatic heterocycles. The molecule has 0 amide bonds. The number of aryl methyl sites for hydroxylation is 1. The van der Waals surface area contributed by atoms with Gasteiger partial charge in [-0.15, -0.1) is 22.7 Å². The largest absolute Gasteiger partial charge is 0.478 e. The van der Waals surface area contributed by atoms with Gasteiger partial charge in [0.05, 0.1) is 5.56 Å². The molecular formula is C10H8O2S2. The summed E-state index contributed by atoms with van der Waals surface area (Å²) in [5, 5.41) is 12.5. The van der Waals surface area contributed by atoms with Crippen LogP contribution in [0.1, 0.15) is 15.2 Å². The first-order chi connectivity index (χ1) is 6.66. The summed E-state index contributed by atoms with van der Waals surface area (Å²) in [5.74, 6) is -0.862. The standard InChI is InChI=1S/C10H8O2S2/c1-6-2-7(4-13-6)9-3-8(5-14-9)10(11)12/h2-5H,1H3,(H,11,12). The summed E-state index contributed by atoms with van der Waals surface area (Å²) < 4.78 is 0. The molecule has 72 valence electrons. The third-order valence-electron chi connectivity index (χ3n) is 1.86. The van der Waals surface area contributed by atoms with Crippen LogP contribution < -0.4 is 0 Å². The van der Waals surface area contributed by atoms with Crippen molar-refractivity contribution in [1.82, 2.24) is 0 Å². The number of carbonyl (C=O) groups is 1. The quantitative estimate of drug-likeness (QED) is 0.847. The van der Waals surface area contributed by atoms with Crippen molar-refractivity contribution in [2.45, 2.75) is 6.92 Å². The fraction of sp³-hybridized carbons (Fsp3) is 0.100. The predicted octanol–water partition coefficient (Wildman–Crippen LogP) is 3.48. The maximum Gasteiger partial charge on any atom is 0.336 e. The van der Waals surface area contributed by atoms with E-state index in [2.05, 4.69) is 6.07 Å². The van der Waals surface area contributed by atoms with E-state index in [9.17, 15) is 4.79 Å². The third kappa shape index (κ3) is 1.71. The van der Waals surface area contributed by atoms with Crippen molar-refractivity contribution < 1.29 is 9.90 Å². The van der Waals surface area contributed by atoms with E-state index in [1.54, 1.807) is 22.8 Å². The van der Waals surface area contributed by atoms with Crippen LogP contribution in [0, 0.1) is 6.92 Å². The molecule has 0 saturated heterocycles. The Hall–Kier alpha value is -1.13. The second kappa shape index (κ2) is 3.55. The van der Waals surface area contributed by atoms with Gasteiger partial charge in [-0.2, -0.15) is 0 Å². The molecule has 2 heterocycles. The Morgan fingerprint density at radius 1 is 1.29 bits per heavy atom. The van der Waals surface area contributed by atoms with Gasteiger partial charge in [0, 0.05) is 20.7 Å². The second-order valence-corrected chi connectivity index (χ2v) is 4.98. The number of hydrogen-bond donors (Lipinski definition) is 1. The van der Waals surface area contributed by atoms with E-state index in [1.807, 2.05) is 12.3 Å². The lowest BCUT2D eigenvalue weighted by molar-refractivity contribution is 0.0697. The number of carboxylic acids is 1. The summed E-state index contributed by atoms with van der Waals surface area (Å²) >= 11 is 3.15. The van der Waals surface area contributed by atoms with Gasteiger partial charge >= 0.3 is 5.97 Å². The summed E-state index contributed by atoms with van der Waals surface area (Å²) in [4.78, 5) is 12.9. The van der Waals surface area contributed by atoms with Gasteiger partial charge in [0.2, 0.25) is 0 Å². The number of thiophene rings is 2. The normalized spacial score (nSPS) is 10.4. The molecule has 0 unspecified atom stereocenters. The minimum atomic E-state index is -0.862. The molecule has 0 spiro atoms. The third-order valence-corrected chi connectivity index (χ3v) is 3.70. The van der Waals surface area contributed by atoms with Gasteiger partial charge in [0.15, 0.2) is 0 Å². The minimum absolute atomic E-state index is 0.369. The van der Waals surface area contributed by atoms with Gasteiger partial charge in [0.1, 0.15) is 0 Å². The van der Waals surface area contributed by atoms with Gasteiger partial charge in [-0.3, -0.25) is 0 Å². The average molecular weight is 224 g/mol. The van der Waals surface area contributed by atoms with Crippen LogP contribution in [0.4, 0.5) is 0 Å². The minimum Gasteiger partial charge on any atom is -0.478 e. The summed E-state index contributed by atoms with van der Waals surface area (Å²) in [6.07, 6.45) is 0. The number of rotatable bonds is 2. The van der Waals surface area contributed by atoms with Crippen LogP contribution in [0.2, 0.25) is 0 Å². The molecule has 2 aromatic rings. The first kappa shape index (κ1) is 9.43. The van der Waals surface area contributed by atoms with Gasteiger partial charge in [0.25, 0.3) is 0 Å². The number of hydrogen-bond acceptors (Lipinski definition) is 3. The molecule has 0 aromatic carbocycles. The van der Waals surface area contributed by atoms with Gasteiger partial charge in [-0.1, -0.05) is 0 Å². The highest BCUT2D eigenvalue weighted by Crippen LogP contribution is 2.30. The molecule has 0 aliphatic rings. The van der Waals surface area contributed by atoms with E-state index in [4.69, 9.17) is 5.11 Å². The highest BCUT2D eigenvalue weighted by molar-refractivity contribution is 7.15. The molecule has 1 N–H and O–H groups in total. The lowest BCUT2D eigenvalue weighted by Gasteiger charge is -1.87. The van der Waals surface area contributed by atoms with Crippen molar-refractivity contribution in [3.8, 4) is 10.4 Å². The number of carboxylic acid groups (broad SMARTS) is 1. The van der Waals surface area contributed by atoms with Gasteiger partial charge in [-0.25, -0.2) is 4.79 Å². The number of aromatic carboxylic acids is 1. The van der Waals surface area contributed by atoms with E-state index in [0.29, 0.717) is 5.56 Å². The van der Waals surface area contributed by atoms with Gasteiger partial charge < -0.3 is 5.11 Å². The van der Waals surface area contributed by atoms with Crippen molar-refractivity contribution in [3.05, 3.63) is 33.3 Å². The average Bonchev–Trinajstić information content (AvgIpc) is 2.70. The molecule has 0 saturated carbocycles.